The Labute approximate surface area is 131 Å². The molecule has 1 aliphatic rings. The molecule has 1 amide bonds. The molecule has 108 valence electrons. The molecule has 1 fully saturated rings. The molecule has 2 aromatic rings. The van der Waals surface area contributed by atoms with E-state index in [4.69, 9.17) is 0 Å². The Hall–Kier alpha value is -1.11. The normalized spacial score (nSPS) is 18.9. The lowest BCUT2D eigenvalue weighted by Gasteiger charge is -2.33. The molecule has 3 rings (SSSR count). The van der Waals surface area contributed by atoms with Crippen molar-refractivity contribution < 1.29 is 4.79 Å². The van der Waals surface area contributed by atoms with Gasteiger partial charge in [-0.05, 0) is 25.1 Å². The molecule has 0 aliphatic carbocycles. The number of rotatable bonds is 1. The van der Waals surface area contributed by atoms with Crippen molar-refractivity contribution in [3.05, 3.63) is 28.4 Å². The van der Waals surface area contributed by atoms with Crippen LogP contribution in [0.25, 0.3) is 10.9 Å². The number of nitrogens with one attached hydrogen (secondary N) is 2. The average Bonchev–Trinajstić information content (AvgIpc) is 2.81. The molecule has 1 aliphatic heterocycles. The molecule has 20 heavy (non-hydrogen) atoms. The van der Waals surface area contributed by atoms with Crippen LogP contribution in [0.3, 0.4) is 0 Å². The second-order valence-corrected chi connectivity index (χ2v) is 5.73. The van der Waals surface area contributed by atoms with E-state index in [1.54, 1.807) is 0 Å². The number of hydrogen-bond acceptors (Lipinski definition) is 3. The summed E-state index contributed by atoms with van der Waals surface area (Å²) in [7, 11) is 0. The van der Waals surface area contributed by atoms with Gasteiger partial charge in [-0.2, -0.15) is 5.10 Å². The number of piperazine rings is 1. The van der Waals surface area contributed by atoms with Crippen molar-refractivity contribution in [2.75, 3.05) is 19.6 Å². The second kappa shape index (κ2) is 6.11. The Kier molecular flexibility index (Phi) is 4.67. The van der Waals surface area contributed by atoms with E-state index in [1.807, 2.05) is 23.1 Å². The lowest BCUT2D eigenvalue weighted by molar-refractivity contribution is 0.0651. The van der Waals surface area contributed by atoms with Crippen LogP contribution in [0, 0.1) is 0 Å². The number of aromatic nitrogens is 2. The van der Waals surface area contributed by atoms with Crippen molar-refractivity contribution in [1.29, 1.82) is 0 Å². The van der Waals surface area contributed by atoms with Crippen LogP contribution in [-0.4, -0.2) is 46.7 Å². The summed E-state index contributed by atoms with van der Waals surface area (Å²) in [6, 6.07) is 5.98. The number of nitrogens with zero attached hydrogens (tertiary/aromatic N) is 2. The minimum absolute atomic E-state index is 0. The zero-order valence-corrected chi connectivity index (χ0v) is 13.4. The molecule has 1 atom stereocenters. The molecule has 1 saturated heterocycles. The Balaban J connectivity index is 0.00000147. The fourth-order valence-electron chi connectivity index (χ4n) is 2.43. The first kappa shape index (κ1) is 15.3. The molecular weight excluding hydrogens is 344 g/mol. The van der Waals surface area contributed by atoms with Crippen LogP contribution >= 0.6 is 28.3 Å². The summed E-state index contributed by atoms with van der Waals surface area (Å²) >= 11 is 3.43. The minimum atomic E-state index is -0.00153. The van der Waals surface area contributed by atoms with Gasteiger partial charge < -0.3 is 10.2 Å². The van der Waals surface area contributed by atoms with Gasteiger partial charge in [0.05, 0.1) is 5.52 Å². The molecule has 2 N–H and O–H groups in total. The highest BCUT2D eigenvalue weighted by molar-refractivity contribution is 9.10. The number of benzene rings is 1. The maximum Gasteiger partial charge on any atom is 0.275 e. The van der Waals surface area contributed by atoms with Gasteiger partial charge in [0.25, 0.3) is 5.91 Å². The lowest BCUT2D eigenvalue weighted by Crippen LogP contribution is -2.52. The first-order chi connectivity index (χ1) is 9.16. The van der Waals surface area contributed by atoms with Gasteiger partial charge in [-0.15, -0.1) is 12.4 Å². The standard InChI is InChI=1S/C13H15BrN4O.ClH/c1-8-7-15-4-5-18(8)13(19)12-10-6-9(14)2-3-11(10)16-17-12;/h2-3,6,8,15H,4-5,7H2,1H3,(H,16,17);1H/t8-;/m0./s1. The number of aromatic amines is 1. The lowest BCUT2D eigenvalue weighted by atomic mass is 10.1. The van der Waals surface area contributed by atoms with E-state index in [-0.39, 0.29) is 24.4 Å². The zero-order valence-electron chi connectivity index (χ0n) is 11.0. The zero-order chi connectivity index (χ0) is 13.4. The highest BCUT2D eigenvalue weighted by Crippen LogP contribution is 2.22. The second-order valence-electron chi connectivity index (χ2n) is 4.81. The molecule has 1 aromatic heterocycles. The van der Waals surface area contributed by atoms with Crippen molar-refractivity contribution >= 4 is 45.1 Å². The van der Waals surface area contributed by atoms with Gasteiger partial charge in [-0.3, -0.25) is 9.89 Å². The van der Waals surface area contributed by atoms with Crippen LogP contribution in [0.1, 0.15) is 17.4 Å². The number of amides is 1. The maximum atomic E-state index is 12.6. The van der Waals surface area contributed by atoms with Gasteiger partial charge in [0, 0.05) is 35.5 Å². The molecular formula is C13H16BrClN4O. The summed E-state index contributed by atoms with van der Waals surface area (Å²) in [5.74, 6) is -0.00153. The predicted molar refractivity (Wildman–Crippen MR) is 84.4 cm³/mol. The van der Waals surface area contributed by atoms with E-state index in [1.165, 1.54) is 0 Å². The molecule has 0 bridgehead atoms. The van der Waals surface area contributed by atoms with Crippen molar-refractivity contribution in [3.8, 4) is 0 Å². The average molecular weight is 360 g/mol. The van der Waals surface area contributed by atoms with Crippen LogP contribution in [-0.2, 0) is 0 Å². The van der Waals surface area contributed by atoms with E-state index in [0.717, 1.165) is 35.0 Å². The SMILES string of the molecule is C[C@H]1CNCCN1C(=O)c1n[nH]c2ccc(Br)cc12.Cl. The van der Waals surface area contributed by atoms with Crippen LogP contribution in [0.2, 0.25) is 0 Å². The van der Waals surface area contributed by atoms with E-state index < -0.39 is 0 Å². The first-order valence-electron chi connectivity index (χ1n) is 6.32. The number of hydrogen-bond donors (Lipinski definition) is 2. The van der Waals surface area contributed by atoms with Crippen molar-refractivity contribution in [3.63, 3.8) is 0 Å². The number of fused-ring (bicyclic) bond motifs is 1. The monoisotopic (exact) mass is 358 g/mol. The van der Waals surface area contributed by atoms with Crippen molar-refractivity contribution in [2.24, 2.45) is 0 Å². The summed E-state index contributed by atoms with van der Waals surface area (Å²) in [6.07, 6.45) is 0. The molecule has 0 spiro atoms. The van der Waals surface area contributed by atoms with Crippen molar-refractivity contribution in [1.82, 2.24) is 20.4 Å². The third-order valence-corrected chi connectivity index (χ3v) is 3.98. The summed E-state index contributed by atoms with van der Waals surface area (Å²) in [5, 5.41) is 11.3. The predicted octanol–water partition coefficient (Wildman–Crippen LogP) is 2.18. The molecule has 0 radical (unpaired) electrons. The van der Waals surface area contributed by atoms with Crippen LogP contribution in [0.15, 0.2) is 22.7 Å². The Morgan fingerprint density at radius 2 is 2.30 bits per heavy atom. The third-order valence-electron chi connectivity index (χ3n) is 3.49. The van der Waals surface area contributed by atoms with Crippen LogP contribution in [0.5, 0.6) is 0 Å². The molecule has 7 heteroatoms. The molecule has 5 nitrogen and oxygen atoms in total. The fraction of sp³-hybridized carbons (Fsp3) is 0.385. The Bertz CT molecular complexity index is 630. The van der Waals surface area contributed by atoms with E-state index >= 15 is 0 Å². The van der Waals surface area contributed by atoms with Gasteiger partial charge in [0.15, 0.2) is 5.69 Å². The van der Waals surface area contributed by atoms with Crippen molar-refractivity contribution in [2.45, 2.75) is 13.0 Å². The maximum absolute atomic E-state index is 12.6. The molecule has 0 unspecified atom stereocenters. The summed E-state index contributed by atoms with van der Waals surface area (Å²) in [6.45, 7) is 4.44. The highest BCUT2D eigenvalue weighted by atomic mass is 79.9. The summed E-state index contributed by atoms with van der Waals surface area (Å²) in [4.78, 5) is 14.5. The topological polar surface area (TPSA) is 61.0 Å². The highest BCUT2D eigenvalue weighted by Gasteiger charge is 2.26. The number of carbonyl (C=O) groups excluding carboxylic acids is 1. The quantitative estimate of drug-likeness (QED) is 0.820. The van der Waals surface area contributed by atoms with Gasteiger partial charge in [0.2, 0.25) is 0 Å². The van der Waals surface area contributed by atoms with Crippen LogP contribution < -0.4 is 5.32 Å². The summed E-state index contributed by atoms with van der Waals surface area (Å²) in [5.41, 5.74) is 1.39. The van der Waals surface area contributed by atoms with E-state index in [9.17, 15) is 4.79 Å². The van der Waals surface area contributed by atoms with Gasteiger partial charge in [-0.25, -0.2) is 0 Å². The Morgan fingerprint density at radius 1 is 1.50 bits per heavy atom. The van der Waals surface area contributed by atoms with Crippen LogP contribution in [0.4, 0.5) is 0 Å². The largest absolute Gasteiger partial charge is 0.332 e. The fourth-order valence-corrected chi connectivity index (χ4v) is 2.79. The molecule has 0 saturated carbocycles. The summed E-state index contributed by atoms with van der Waals surface area (Å²) < 4.78 is 0.948. The van der Waals surface area contributed by atoms with E-state index in [2.05, 4.69) is 38.4 Å². The molecule has 2 heterocycles. The first-order valence-corrected chi connectivity index (χ1v) is 7.11. The van der Waals surface area contributed by atoms with Gasteiger partial charge in [0.1, 0.15) is 0 Å². The Morgan fingerprint density at radius 3 is 3.05 bits per heavy atom. The number of H-pyrrole nitrogens is 1. The number of halogens is 2. The van der Waals surface area contributed by atoms with Gasteiger partial charge >= 0.3 is 0 Å². The molecule has 1 aromatic carbocycles. The number of carbonyl (C=O) groups is 1. The minimum Gasteiger partial charge on any atom is -0.332 e. The smallest absolute Gasteiger partial charge is 0.275 e. The van der Waals surface area contributed by atoms with E-state index in [0.29, 0.717) is 5.69 Å². The van der Waals surface area contributed by atoms with Gasteiger partial charge in [-0.1, -0.05) is 15.9 Å². The third kappa shape index (κ3) is 2.68.